The zero-order valence-electron chi connectivity index (χ0n) is 13.1. The molecule has 1 N–H and O–H groups in total. The third kappa shape index (κ3) is 3.84. The van der Waals surface area contributed by atoms with E-state index < -0.39 is 10.0 Å². The Kier molecular flexibility index (Phi) is 5.79. The zero-order chi connectivity index (χ0) is 15.5. The summed E-state index contributed by atoms with van der Waals surface area (Å²) in [7, 11) is -1.34. The summed E-state index contributed by atoms with van der Waals surface area (Å²) in [5, 5.41) is 5.18. The molecule has 1 aromatic heterocycles. The molecule has 1 aliphatic rings. The Morgan fingerprint density at radius 1 is 1.29 bits per heavy atom. The van der Waals surface area contributed by atoms with Gasteiger partial charge in [0.2, 0.25) is 10.0 Å². The summed E-state index contributed by atoms with van der Waals surface area (Å²) in [4.78, 5) is 3.64. The number of thiophene rings is 1. The lowest BCUT2D eigenvalue weighted by molar-refractivity contribution is 0.347. The van der Waals surface area contributed by atoms with Crippen LogP contribution >= 0.6 is 11.3 Å². The fraction of sp³-hybridized carbons (Fsp3) is 0.714. The number of hydrogen-bond acceptors (Lipinski definition) is 5. The topological polar surface area (TPSA) is 52.7 Å². The number of sulfonamides is 1. The van der Waals surface area contributed by atoms with E-state index in [0.29, 0.717) is 24.5 Å². The maximum absolute atomic E-state index is 13.0. The Bertz CT molecular complexity index is 569. The fourth-order valence-corrected chi connectivity index (χ4v) is 5.79. The quantitative estimate of drug-likeness (QED) is 0.888. The van der Waals surface area contributed by atoms with Gasteiger partial charge in [-0.05, 0) is 44.4 Å². The van der Waals surface area contributed by atoms with E-state index in [4.69, 9.17) is 0 Å². The van der Waals surface area contributed by atoms with E-state index in [9.17, 15) is 8.42 Å². The molecule has 0 unspecified atom stereocenters. The Hall–Kier alpha value is -0.470. The number of likely N-dealkylation sites (N-methyl/N-ethyl adjacent to an activating group) is 1. The van der Waals surface area contributed by atoms with Gasteiger partial charge in [-0.1, -0.05) is 6.92 Å². The molecular formula is C14H25N3O2S2. The number of hydrogen-bond donors (Lipinski definition) is 1. The van der Waals surface area contributed by atoms with Crippen LogP contribution in [0.5, 0.6) is 0 Å². The molecule has 1 aliphatic heterocycles. The first-order valence-electron chi connectivity index (χ1n) is 7.43. The van der Waals surface area contributed by atoms with Gasteiger partial charge in [-0.15, -0.1) is 11.3 Å². The van der Waals surface area contributed by atoms with Gasteiger partial charge in [-0.25, -0.2) is 8.42 Å². The first kappa shape index (κ1) is 16.9. The van der Waals surface area contributed by atoms with E-state index in [1.54, 1.807) is 4.31 Å². The van der Waals surface area contributed by atoms with Crippen molar-refractivity contribution in [2.24, 2.45) is 0 Å². The minimum atomic E-state index is -3.38. The monoisotopic (exact) mass is 331 g/mol. The summed E-state index contributed by atoms with van der Waals surface area (Å²) in [5.41, 5.74) is 0.866. The third-order valence-corrected chi connectivity index (χ3v) is 7.16. The Labute approximate surface area is 132 Å². The molecule has 5 nitrogen and oxygen atoms in total. The predicted molar refractivity (Wildman–Crippen MR) is 87.3 cm³/mol. The van der Waals surface area contributed by atoms with Gasteiger partial charge in [0, 0.05) is 31.1 Å². The lowest BCUT2D eigenvalue weighted by Crippen LogP contribution is -2.35. The third-order valence-electron chi connectivity index (χ3n) is 3.80. The largest absolute Gasteiger partial charge is 0.312 e. The molecular weight excluding hydrogens is 306 g/mol. The van der Waals surface area contributed by atoms with E-state index in [-0.39, 0.29) is 0 Å². The molecule has 120 valence electrons. The van der Waals surface area contributed by atoms with Gasteiger partial charge < -0.3 is 10.2 Å². The van der Waals surface area contributed by atoms with Gasteiger partial charge in [0.15, 0.2) is 0 Å². The number of aryl methyl sites for hydroxylation is 1. The minimum absolute atomic E-state index is 0.526. The van der Waals surface area contributed by atoms with Crippen LogP contribution in [0.15, 0.2) is 10.3 Å². The van der Waals surface area contributed by atoms with Crippen molar-refractivity contribution >= 4 is 21.4 Å². The summed E-state index contributed by atoms with van der Waals surface area (Å²) in [5.74, 6) is 0. The van der Waals surface area contributed by atoms with Gasteiger partial charge in [-0.3, -0.25) is 0 Å². The maximum Gasteiger partial charge on any atom is 0.244 e. The molecule has 1 saturated heterocycles. The molecule has 0 aliphatic carbocycles. The van der Waals surface area contributed by atoms with Crippen LogP contribution in [-0.4, -0.2) is 57.4 Å². The molecule has 0 amide bonds. The molecule has 1 fully saturated rings. The van der Waals surface area contributed by atoms with E-state index in [0.717, 1.165) is 36.5 Å². The van der Waals surface area contributed by atoms with Crippen molar-refractivity contribution in [2.75, 3.05) is 39.8 Å². The van der Waals surface area contributed by atoms with Crippen molar-refractivity contribution in [3.8, 4) is 0 Å². The van der Waals surface area contributed by atoms with E-state index >= 15 is 0 Å². The molecule has 2 rings (SSSR count). The van der Waals surface area contributed by atoms with Crippen molar-refractivity contribution in [3.05, 3.63) is 15.8 Å². The van der Waals surface area contributed by atoms with E-state index in [1.807, 2.05) is 26.3 Å². The summed E-state index contributed by atoms with van der Waals surface area (Å²) in [6, 6.07) is 0. The van der Waals surface area contributed by atoms with Gasteiger partial charge in [0.05, 0.1) is 0 Å². The fourth-order valence-electron chi connectivity index (χ4n) is 2.59. The molecule has 1 aromatic rings. The standard InChI is InChI=1S/C14H25N3O2S2/c1-4-15-10-13-14(12(2)11-20-13)21(18,19)17-7-5-6-16(3)8-9-17/h11,15H,4-10H2,1-3H3. The minimum Gasteiger partial charge on any atom is -0.312 e. The average Bonchev–Trinajstić information content (AvgIpc) is 2.66. The summed E-state index contributed by atoms with van der Waals surface area (Å²) in [6.45, 7) is 8.32. The highest BCUT2D eigenvalue weighted by Crippen LogP contribution is 2.30. The van der Waals surface area contributed by atoms with Crippen LogP contribution in [-0.2, 0) is 16.6 Å². The molecule has 0 radical (unpaired) electrons. The lowest BCUT2D eigenvalue weighted by Gasteiger charge is -2.21. The molecule has 7 heteroatoms. The molecule has 2 heterocycles. The van der Waals surface area contributed by atoms with E-state index in [2.05, 4.69) is 10.2 Å². The number of rotatable bonds is 5. The first-order valence-corrected chi connectivity index (χ1v) is 9.75. The first-order chi connectivity index (χ1) is 9.96. The number of nitrogens with zero attached hydrogens (tertiary/aromatic N) is 2. The lowest BCUT2D eigenvalue weighted by atomic mass is 10.3. The zero-order valence-corrected chi connectivity index (χ0v) is 14.7. The van der Waals surface area contributed by atoms with Crippen molar-refractivity contribution in [1.29, 1.82) is 0 Å². The maximum atomic E-state index is 13.0. The van der Waals surface area contributed by atoms with Crippen molar-refractivity contribution in [3.63, 3.8) is 0 Å². The van der Waals surface area contributed by atoms with E-state index in [1.165, 1.54) is 11.3 Å². The average molecular weight is 332 g/mol. The van der Waals surface area contributed by atoms with Crippen molar-refractivity contribution in [1.82, 2.24) is 14.5 Å². The van der Waals surface area contributed by atoms with Crippen LogP contribution in [0.1, 0.15) is 23.8 Å². The molecule has 0 atom stereocenters. The van der Waals surface area contributed by atoms with Crippen molar-refractivity contribution in [2.45, 2.75) is 31.7 Å². The Morgan fingerprint density at radius 2 is 2.05 bits per heavy atom. The highest BCUT2D eigenvalue weighted by molar-refractivity contribution is 7.89. The van der Waals surface area contributed by atoms with Crippen molar-refractivity contribution < 1.29 is 8.42 Å². The predicted octanol–water partition coefficient (Wildman–Crippen LogP) is 1.49. The summed E-state index contributed by atoms with van der Waals surface area (Å²) < 4.78 is 27.7. The molecule has 21 heavy (non-hydrogen) atoms. The van der Waals surface area contributed by atoms with Crippen LogP contribution in [0, 0.1) is 6.92 Å². The molecule has 0 saturated carbocycles. The van der Waals surface area contributed by atoms with Gasteiger partial charge >= 0.3 is 0 Å². The Morgan fingerprint density at radius 3 is 2.76 bits per heavy atom. The normalized spacial score (nSPS) is 18.8. The van der Waals surface area contributed by atoms with Crippen LogP contribution in [0.2, 0.25) is 0 Å². The second-order valence-corrected chi connectivity index (χ2v) is 8.35. The molecule has 0 aromatic carbocycles. The Balaban J connectivity index is 2.28. The van der Waals surface area contributed by atoms with Crippen LogP contribution in [0.4, 0.5) is 0 Å². The smallest absolute Gasteiger partial charge is 0.244 e. The molecule has 0 spiro atoms. The SMILES string of the molecule is CCNCc1scc(C)c1S(=O)(=O)N1CCCN(C)CC1. The summed E-state index contributed by atoms with van der Waals surface area (Å²) in [6.07, 6.45) is 0.890. The van der Waals surface area contributed by atoms with Gasteiger partial charge in [-0.2, -0.15) is 4.31 Å². The second kappa shape index (κ2) is 7.19. The summed E-state index contributed by atoms with van der Waals surface area (Å²) >= 11 is 1.53. The highest BCUT2D eigenvalue weighted by atomic mass is 32.2. The van der Waals surface area contributed by atoms with Crippen LogP contribution < -0.4 is 5.32 Å². The molecule has 0 bridgehead atoms. The van der Waals surface area contributed by atoms with Gasteiger partial charge in [0.25, 0.3) is 0 Å². The van der Waals surface area contributed by atoms with Crippen LogP contribution in [0.25, 0.3) is 0 Å². The van der Waals surface area contributed by atoms with Gasteiger partial charge in [0.1, 0.15) is 4.90 Å². The highest BCUT2D eigenvalue weighted by Gasteiger charge is 2.30. The van der Waals surface area contributed by atoms with Crippen LogP contribution in [0.3, 0.4) is 0 Å². The second-order valence-electron chi connectivity index (χ2n) is 5.51. The number of nitrogens with one attached hydrogen (secondary N) is 1.